The number of carbonyl (C=O) groups is 1. The first kappa shape index (κ1) is 30.5. The van der Waals surface area contributed by atoms with Crippen molar-refractivity contribution in [1.29, 1.82) is 0 Å². The number of hydrogen-bond donors (Lipinski definition) is 0. The summed E-state index contributed by atoms with van der Waals surface area (Å²) < 4.78 is 16.9. The maximum atomic E-state index is 11.8. The van der Waals surface area contributed by atoms with Gasteiger partial charge >= 0.3 is 5.97 Å². The number of aliphatic imine (C=N–C) groups is 1. The Kier molecular flexibility index (Phi) is 12.3. The maximum absolute atomic E-state index is 11.8. The smallest absolute Gasteiger partial charge is 0.308 e. The summed E-state index contributed by atoms with van der Waals surface area (Å²) in [6.45, 7) is 7.69. The highest BCUT2D eigenvalue weighted by Gasteiger charge is 2.19. The van der Waals surface area contributed by atoms with Gasteiger partial charge in [0.25, 0.3) is 0 Å². The summed E-state index contributed by atoms with van der Waals surface area (Å²) in [5, 5.41) is 1.24. The van der Waals surface area contributed by atoms with Gasteiger partial charge in [-0.15, -0.1) is 0 Å². The van der Waals surface area contributed by atoms with E-state index >= 15 is 0 Å². The molecule has 4 rings (SSSR count). The number of carbonyl (C=O) groups excluding carboxylic acids is 1. The van der Waals surface area contributed by atoms with Crippen LogP contribution in [0.3, 0.4) is 0 Å². The number of benzene rings is 2. The van der Waals surface area contributed by atoms with Gasteiger partial charge in [0.15, 0.2) is 5.90 Å². The van der Waals surface area contributed by atoms with Gasteiger partial charge in [0.1, 0.15) is 5.75 Å². The van der Waals surface area contributed by atoms with Gasteiger partial charge in [0.05, 0.1) is 28.0 Å². The van der Waals surface area contributed by atoms with Gasteiger partial charge in [-0.05, 0) is 56.0 Å². The van der Waals surface area contributed by atoms with E-state index < -0.39 is 0 Å². The Morgan fingerprint density at radius 1 is 0.950 bits per heavy atom. The van der Waals surface area contributed by atoms with Crippen LogP contribution in [0.1, 0.15) is 63.9 Å². The van der Waals surface area contributed by atoms with E-state index in [4.69, 9.17) is 37.4 Å². The Bertz CT molecular complexity index is 1140. The average molecular weight is 591 g/mol. The summed E-state index contributed by atoms with van der Waals surface area (Å²) in [5.74, 6) is 1.20. The number of ether oxygens (including phenoxy) is 3. The van der Waals surface area contributed by atoms with Crippen LogP contribution in [0.5, 0.6) is 5.75 Å². The fourth-order valence-corrected chi connectivity index (χ4v) is 5.41. The first-order valence-electron chi connectivity index (χ1n) is 14.6. The summed E-state index contributed by atoms with van der Waals surface area (Å²) in [6, 6.07) is 11.9. The van der Waals surface area contributed by atoms with Gasteiger partial charge < -0.3 is 19.1 Å². The third-order valence-corrected chi connectivity index (χ3v) is 8.18. The standard InChI is InChI=1S/C31H41Cl2N3O4/c1-2-3-4-5-11-30(37)40-23-39-29-15-13-24-12-14-25(22-27(24)34-29)38-21-7-6-16-35-17-19-36(20-18-35)28-10-8-9-26(32)31(28)33/h8-10,12,14,22H,2-7,11,13,15-21,23H2,1H3. The fraction of sp³-hybridized carbons (Fsp3) is 0.548. The second-order valence-electron chi connectivity index (χ2n) is 10.3. The molecule has 218 valence electrons. The largest absolute Gasteiger partial charge is 0.494 e. The number of unbranched alkanes of at least 4 members (excludes halogenated alkanes) is 4. The van der Waals surface area contributed by atoms with E-state index in [9.17, 15) is 4.79 Å². The first-order chi connectivity index (χ1) is 19.5. The number of aryl methyl sites for hydroxylation is 1. The van der Waals surface area contributed by atoms with Gasteiger partial charge in [0, 0.05) is 45.1 Å². The monoisotopic (exact) mass is 589 g/mol. The van der Waals surface area contributed by atoms with E-state index in [-0.39, 0.29) is 12.8 Å². The molecule has 0 N–H and O–H groups in total. The van der Waals surface area contributed by atoms with Crippen molar-refractivity contribution in [2.75, 3.05) is 51.0 Å². The van der Waals surface area contributed by atoms with Crippen molar-refractivity contribution < 1.29 is 19.0 Å². The third-order valence-electron chi connectivity index (χ3n) is 7.37. The molecule has 0 amide bonds. The van der Waals surface area contributed by atoms with E-state index in [1.54, 1.807) is 0 Å². The molecule has 9 heteroatoms. The van der Waals surface area contributed by atoms with Crippen LogP contribution in [-0.2, 0) is 20.7 Å². The van der Waals surface area contributed by atoms with Gasteiger partial charge in [-0.3, -0.25) is 9.69 Å². The van der Waals surface area contributed by atoms with Gasteiger partial charge in [-0.1, -0.05) is 61.5 Å². The van der Waals surface area contributed by atoms with Crippen LogP contribution >= 0.6 is 23.2 Å². The zero-order valence-corrected chi connectivity index (χ0v) is 25.0. The highest BCUT2D eigenvalue weighted by Crippen LogP contribution is 2.33. The molecule has 2 aromatic rings. The van der Waals surface area contributed by atoms with Crippen molar-refractivity contribution in [2.24, 2.45) is 4.99 Å². The molecule has 0 radical (unpaired) electrons. The number of esters is 1. The van der Waals surface area contributed by atoms with Crippen molar-refractivity contribution in [3.05, 3.63) is 52.0 Å². The predicted molar refractivity (Wildman–Crippen MR) is 163 cm³/mol. The van der Waals surface area contributed by atoms with E-state index in [1.165, 1.54) is 5.56 Å². The summed E-state index contributed by atoms with van der Waals surface area (Å²) in [6.07, 6.45) is 8.25. The lowest BCUT2D eigenvalue weighted by molar-refractivity contribution is -0.151. The minimum Gasteiger partial charge on any atom is -0.494 e. The zero-order chi connectivity index (χ0) is 28.2. The van der Waals surface area contributed by atoms with E-state index in [2.05, 4.69) is 27.8 Å². The minimum atomic E-state index is -0.215. The Morgan fingerprint density at radius 2 is 1.80 bits per heavy atom. The molecule has 0 unspecified atom stereocenters. The van der Waals surface area contributed by atoms with Gasteiger partial charge in [-0.25, -0.2) is 4.99 Å². The molecule has 0 bridgehead atoms. The number of halogens is 2. The maximum Gasteiger partial charge on any atom is 0.308 e. The van der Waals surface area contributed by atoms with Crippen molar-refractivity contribution in [3.8, 4) is 5.75 Å². The predicted octanol–water partition coefficient (Wildman–Crippen LogP) is 7.44. The van der Waals surface area contributed by atoms with Crippen LogP contribution in [0.4, 0.5) is 11.4 Å². The number of rotatable bonds is 14. The molecule has 7 nitrogen and oxygen atoms in total. The molecule has 2 aliphatic rings. The zero-order valence-electron chi connectivity index (χ0n) is 23.5. The number of nitrogens with zero attached hydrogens (tertiary/aromatic N) is 3. The molecule has 2 heterocycles. The summed E-state index contributed by atoms with van der Waals surface area (Å²) >= 11 is 12.6. The molecule has 0 aliphatic carbocycles. The molecular weight excluding hydrogens is 549 g/mol. The average Bonchev–Trinajstić information content (AvgIpc) is 2.97. The molecule has 2 aliphatic heterocycles. The van der Waals surface area contributed by atoms with Crippen LogP contribution in [0.2, 0.25) is 10.0 Å². The summed E-state index contributed by atoms with van der Waals surface area (Å²) in [7, 11) is 0. The van der Waals surface area contributed by atoms with Crippen molar-refractivity contribution >= 4 is 46.4 Å². The lowest BCUT2D eigenvalue weighted by atomic mass is 10.0. The van der Waals surface area contributed by atoms with Crippen molar-refractivity contribution in [2.45, 2.75) is 64.7 Å². The van der Waals surface area contributed by atoms with Crippen LogP contribution in [-0.4, -0.2) is 62.9 Å². The van der Waals surface area contributed by atoms with E-state index in [0.29, 0.717) is 35.4 Å². The van der Waals surface area contributed by atoms with Gasteiger partial charge in [-0.2, -0.15) is 0 Å². The molecule has 0 aromatic heterocycles. The SMILES string of the molecule is CCCCCCC(=O)OCOC1=Nc2cc(OCCCCN3CCN(c4cccc(Cl)c4Cl)CC3)ccc2CC1. The number of piperazine rings is 1. The van der Waals surface area contributed by atoms with Crippen molar-refractivity contribution in [1.82, 2.24) is 4.90 Å². The molecule has 1 saturated heterocycles. The van der Waals surface area contributed by atoms with Crippen LogP contribution < -0.4 is 9.64 Å². The first-order valence-corrected chi connectivity index (χ1v) is 15.3. The number of fused-ring (bicyclic) bond motifs is 1. The second-order valence-corrected chi connectivity index (χ2v) is 11.1. The van der Waals surface area contributed by atoms with Crippen molar-refractivity contribution in [3.63, 3.8) is 0 Å². The molecule has 40 heavy (non-hydrogen) atoms. The Labute approximate surface area is 248 Å². The molecule has 2 aromatic carbocycles. The lowest BCUT2D eigenvalue weighted by Gasteiger charge is -2.36. The minimum absolute atomic E-state index is 0.0830. The summed E-state index contributed by atoms with van der Waals surface area (Å²) in [4.78, 5) is 21.3. The highest BCUT2D eigenvalue weighted by molar-refractivity contribution is 6.43. The normalized spacial score (nSPS) is 15.4. The van der Waals surface area contributed by atoms with Gasteiger partial charge in [0.2, 0.25) is 6.79 Å². The second kappa shape index (κ2) is 16.1. The molecule has 1 fully saturated rings. The quantitative estimate of drug-likeness (QED) is 0.130. The summed E-state index contributed by atoms with van der Waals surface area (Å²) in [5.41, 5.74) is 3.06. The topological polar surface area (TPSA) is 63.6 Å². The Hall–Kier alpha value is -2.48. The molecule has 0 atom stereocenters. The van der Waals surface area contributed by atoms with Crippen LogP contribution in [0, 0.1) is 0 Å². The molecule has 0 spiro atoms. The number of hydrogen-bond acceptors (Lipinski definition) is 7. The van der Waals surface area contributed by atoms with Crippen LogP contribution in [0.25, 0.3) is 0 Å². The highest BCUT2D eigenvalue weighted by atomic mass is 35.5. The third kappa shape index (κ3) is 9.28. The Morgan fingerprint density at radius 3 is 2.62 bits per heavy atom. The van der Waals surface area contributed by atoms with Crippen LogP contribution in [0.15, 0.2) is 41.4 Å². The fourth-order valence-electron chi connectivity index (χ4n) is 4.99. The number of anilines is 1. The molecular formula is C31H41Cl2N3O4. The van der Waals surface area contributed by atoms with E-state index in [1.807, 2.05) is 30.3 Å². The van der Waals surface area contributed by atoms with E-state index in [0.717, 1.165) is 94.8 Å². The Balaban J connectivity index is 1.12. The molecule has 0 saturated carbocycles. The lowest BCUT2D eigenvalue weighted by Crippen LogP contribution is -2.46.